The van der Waals surface area contributed by atoms with Crippen molar-refractivity contribution in [1.29, 1.82) is 0 Å². The monoisotopic (exact) mass is 351 g/mol. The molecule has 2 heterocycles. The zero-order chi connectivity index (χ0) is 16.9. The van der Waals surface area contributed by atoms with Gasteiger partial charge in [0.05, 0.1) is 23.8 Å². The van der Waals surface area contributed by atoms with Crippen LogP contribution in [-0.4, -0.2) is 48.1 Å². The first-order valence-corrected chi connectivity index (χ1v) is 9.34. The van der Waals surface area contributed by atoms with Gasteiger partial charge in [0, 0.05) is 25.3 Å². The van der Waals surface area contributed by atoms with Crippen LogP contribution in [0.25, 0.3) is 0 Å². The summed E-state index contributed by atoms with van der Waals surface area (Å²) in [6, 6.07) is 2.16. The maximum absolute atomic E-state index is 12.5. The van der Waals surface area contributed by atoms with E-state index in [1.807, 2.05) is 0 Å². The molecule has 0 radical (unpaired) electrons. The van der Waals surface area contributed by atoms with Gasteiger partial charge in [-0.2, -0.15) is 0 Å². The topological polar surface area (TPSA) is 54.5 Å². The first-order chi connectivity index (χ1) is 11.7. The normalized spacial score (nSPS) is 24.7. The van der Waals surface area contributed by atoms with Gasteiger partial charge in [-0.05, 0) is 37.7 Å². The predicted molar refractivity (Wildman–Crippen MR) is 95.6 cm³/mol. The van der Waals surface area contributed by atoms with E-state index in [1.165, 1.54) is 19.3 Å². The Morgan fingerprint density at radius 1 is 1.33 bits per heavy atom. The summed E-state index contributed by atoms with van der Waals surface area (Å²) in [5, 5.41) is 3.97. The molecular formula is C18H26ClN3O2. The lowest BCUT2D eigenvalue weighted by molar-refractivity contribution is 0.0302. The van der Waals surface area contributed by atoms with E-state index in [0.29, 0.717) is 48.7 Å². The third-order valence-electron chi connectivity index (χ3n) is 5.15. The second-order valence-electron chi connectivity index (χ2n) is 6.73. The molecule has 0 spiro atoms. The number of carbonyl (C=O) groups is 1. The third-order valence-corrected chi connectivity index (χ3v) is 5.44. The number of carbonyl (C=O) groups excluding carboxylic acids is 1. The molecule has 1 aliphatic carbocycles. The summed E-state index contributed by atoms with van der Waals surface area (Å²) in [6.45, 7) is 4.69. The second-order valence-corrected chi connectivity index (χ2v) is 7.14. The SMILES string of the molecule is CCC1CCC(Nc2ncc(C(=O)N3CCOCC3)cc2Cl)CC1. The maximum Gasteiger partial charge on any atom is 0.255 e. The summed E-state index contributed by atoms with van der Waals surface area (Å²) in [6.07, 6.45) is 7.74. The number of aromatic nitrogens is 1. The van der Waals surface area contributed by atoms with Gasteiger partial charge < -0.3 is 15.0 Å². The maximum atomic E-state index is 12.5. The molecule has 1 aromatic rings. The summed E-state index contributed by atoms with van der Waals surface area (Å²) >= 11 is 6.37. The summed E-state index contributed by atoms with van der Waals surface area (Å²) in [5.74, 6) is 1.53. The molecule has 0 bridgehead atoms. The molecule has 5 nitrogen and oxygen atoms in total. The highest BCUT2D eigenvalue weighted by molar-refractivity contribution is 6.33. The van der Waals surface area contributed by atoms with Crippen molar-refractivity contribution in [2.45, 2.75) is 45.1 Å². The highest BCUT2D eigenvalue weighted by Gasteiger charge is 2.22. The number of anilines is 1. The van der Waals surface area contributed by atoms with Crippen molar-refractivity contribution in [1.82, 2.24) is 9.88 Å². The zero-order valence-electron chi connectivity index (χ0n) is 14.3. The van der Waals surface area contributed by atoms with Gasteiger partial charge in [0.1, 0.15) is 5.82 Å². The summed E-state index contributed by atoms with van der Waals surface area (Å²) in [7, 11) is 0. The van der Waals surface area contributed by atoms with Crippen LogP contribution in [-0.2, 0) is 4.74 Å². The molecule has 0 aromatic carbocycles. The van der Waals surface area contributed by atoms with E-state index >= 15 is 0 Å². The van der Waals surface area contributed by atoms with Gasteiger partial charge in [0.2, 0.25) is 0 Å². The summed E-state index contributed by atoms with van der Waals surface area (Å²) < 4.78 is 5.28. The number of ether oxygens (including phenoxy) is 1. The zero-order valence-corrected chi connectivity index (χ0v) is 15.0. The fraction of sp³-hybridized carbons (Fsp3) is 0.667. The Morgan fingerprint density at radius 3 is 2.67 bits per heavy atom. The van der Waals surface area contributed by atoms with Gasteiger partial charge in [-0.25, -0.2) is 4.98 Å². The van der Waals surface area contributed by atoms with Crippen LogP contribution >= 0.6 is 11.6 Å². The van der Waals surface area contributed by atoms with Crippen molar-refractivity contribution in [2.24, 2.45) is 5.92 Å². The molecule has 1 saturated heterocycles. The number of morpholine rings is 1. The average Bonchev–Trinajstić information content (AvgIpc) is 2.64. The van der Waals surface area contributed by atoms with Crippen LogP contribution in [0.15, 0.2) is 12.3 Å². The molecule has 0 atom stereocenters. The standard InChI is InChI=1S/C18H26ClN3O2/c1-2-13-3-5-15(6-4-13)21-17-16(19)11-14(12-20-17)18(23)22-7-9-24-10-8-22/h11-13,15H,2-10H2,1H3,(H,20,21). The number of nitrogens with zero attached hydrogens (tertiary/aromatic N) is 2. The highest BCUT2D eigenvalue weighted by atomic mass is 35.5. The molecule has 1 N–H and O–H groups in total. The van der Waals surface area contributed by atoms with E-state index in [1.54, 1.807) is 17.2 Å². The van der Waals surface area contributed by atoms with E-state index in [9.17, 15) is 4.79 Å². The van der Waals surface area contributed by atoms with Crippen LogP contribution in [0.5, 0.6) is 0 Å². The van der Waals surface area contributed by atoms with Crippen molar-refractivity contribution in [3.63, 3.8) is 0 Å². The lowest BCUT2D eigenvalue weighted by Crippen LogP contribution is -2.40. The summed E-state index contributed by atoms with van der Waals surface area (Å²) in [5.41, 5.74) is 0.544. The Labute approximate surface area is 148 Å². The van der Waals surface area contributed by atoms with Gasteiger partial charge in [-0.3, -0.25) is 4.79 Å². The molecule has 24 heavy (non-hydrogen) atoms. The minimum atomic E-state index is -0.0253. The van der Waals surface area contributed by atoms with E-state index < -0.39 is 0 Å². The van der Waals surface area contributed by atoms with Crippen molar-refractivity contribution in [3.8, 4) is 0 Å². The van der Waals surface area contributed by atoms with Crippen molar-refractivity contribution >= 4 is 23.3 Å². The molecule has 132 valence electrons. The molecule has 0 unspecified atom stereocenters. The van der Waals surface area contributed by atoms with Crippen LogP contribution in [0.3, 0.4) is 0 Å². The fourth-order valence-corrected chi connectivity index (χ4v) is 3.74. The van der Waals surface area contributed by atoms with Crippen LogP contribution < -0.4 is 5.32 Å². The molecular weight excluding hydrogens is 326 g/mol. The van der Waals surface area contributed by atoms with Gasteiger partial charge in [0.15, 0.2) is 0 Å². The lowest BCUT2D eigenvalue weighted by Gasteiger charge is -2.29. The van der Waals surface area contributed by atoms with E-state index in [0.717, 1.165) is 18.8 Å². The number of hydrogen-bond donors (Lipinski definition) is 1. The smallest absolute Gasteiger partial charge is 0.255 e. The number of halogens is 1. The number of rotatable bonds is 4. The van der Waals surface area contributed by atoms with Crippen LogP contribution in [0, 0.1) is 5.92 Å². The minimum Gasteiger partial charge on any atom is -0.378 e. The van der Waals surface area contributed by atoms with Gasteiger partial charge in [0.25, 0.3) is 5.91 Å². The Kier molecular flexibility index (Phi) is 5.95. The third kappa shape index (κ3) is 4.19. The fourth-order valence-electron chi connectivity index (χ4n) is 3.52. The van der Waals surface area contributed by atoms with Crippen molar-refractivity contribution in [3.05, 3.63) is 22.8 Å². The first kappa shape index (κ1) is 17.5. The van der Waals surface area contributed by atoms with Crippen molar-refractivity contribution in [2.75, 3.05) is 31.6 Å². The van der Waals surface area contributed by atoms with Crippen LogP contribution in [0.2, 0.25) is 5.02 Å². The minimum absolute atomic E-state index is 0.0253. The lowest BCUT2D eigenvalue weighted by atomic mass is 9.84. The molecule has 2 fully saturated rings. The molecule has 1 aliphatic heterocycles. The van der Waals surface area contributed by atoms with E-state index in [4.69, 9.17) is 16.3 Å². The second kappa shape index (κ2) is 8.17. The average molecular weight is 352 g/mol. The number of hydrogen-bond acceptors (Lipinski definition) is 4. The Bertz CT molecular complexity index is 567. The molecule has 1 amide bonds. The quantitative estimate of drug-likeness (QED) is 0.900. The first-order valence-electron chi connectivity index (χ1n) is 8.96. The number of nitrogens with one attached hydrogen (secondary N) is 1. The number of pyridine rings is 1. The van der Waals surface area contributed by atoms with Crippen LogP contribution in [0.4, 0.5) is 5.82 Å². The molecule has 6 heteroatoms. The van der Waals surface area contributed by atoms with Crippen LogP contribution in [0.1, 0.15) is 49.4 Å². The van der Waals surface area contributed by atoms with Gasteiger partial charge in [-0.15, -0.1) is 0 Å². The predicted octanol–water partition coefficient (Wildman–Crippen LogP) is 3.59. The molecule has 1 aromatic heterocycles. The highest BCUT2D eigenvalue weighted by Crippen LogP contribution is 2.30. The molecule has 1 saturated carbocycles. The Morgan fingerprint density at radius 2 is 2.04 bits per heavy atom. The van der Waals surface area contributed by atoms with E-state index in [-0.39, 0.29) is 5.91 Å². The van der Waals surface area contributed by atoms with Gasteiger partial charge >= 0.3 is 0 Å². The summed E-state index contributed by atoms with van der Waals surface area (Å²) in [4.78, 5) is 18.7. The molecule has 3 rings (SSSR count). The Balaban J connectivity index is 1.61. The van der Waals surface area contributed by atoms with Crippen molar-refractivity contribution < 1.29 is 9.53 Å². The van der Waals surface area contributed by atoms with E-state index in [2.05, 4.69) is 17.2 Å². The largest absolute Gasteiger partial charge is 0.378 e. The number of amides is 1. The Hall–Kier alpha value is -1.33. The van der Waals surface area contributed by atoms with Gasteiger partial charge in [-0.1, -0.05) is 24.9 Å². The molecule has 2 aliphatic rings.